The molecule has 27 heavy (non-hydrogen) atoms. The van der Waals surface area contributed by atoms with Gasteiger partial charge in [-0.05, 0) is 37.6 Å². The zero-order valence-corrected chi connectivity index (χ0v) is 15.8. The van der Waals surface area contributed by atoms with Gasteiger partial charge in [-0.2, -0.15) is 0 Å². The Hall–Kier alpha value is -2.67. The third kappa shape index (κ3) is 4.95. The minimum atomic E-state index is -3.09. The molecular formula is C20H21NO5S. The quantitative estimate of drug-likeness (QED) is 0.766. The first-order valence-corrected chi connectivity index (χ1v) is 10.4. The average molecular weight is 387 g/mol. The number of hydrogen-bond acceptors (Lipinski definition) is 5. The van der Waals surface area contributed by atoms with Crippen molar-refractivity contribution in [2.75, 3.05) is 18.1 Å². The minimum absolute atomic E-state index is 0.0535. The molecule has 1 saturated heterocycles. The Morgan fingerprint density at radius 2 is 1.67 bits per heavy atom. The molecule has 6 nitrogen and oxygen atoms in total. The van der Waals surface area contributed by atoms with Gasteiger partial charge < -0.3 is 10.1 Å². The third-order valence-electron chi connectivity index (χ3n) is 4.47. The van der Waals surface area contributed by atoms with Crippen molar-refractivity contribution in [2.45, 2.75) is 18.9 Å². The van der Waals surface area contributed by atoms with E-state index in [4.69, 9.17) is 4.74 Å². The molecule has 3 rings (SSSR count). The molecule has 7 heteroatoms. The SMILES string of the molecule is C[C@]1(NC(=O)COc2ccc(C(=O)c3ccccc3)cc2)CCS(=O)(=O)C1. The van der Waals surface area contributed by atoms with Gasteiger partial charge in [-0.1, -0.05) is 30.3 Å². The Labute approximate surface area is 158 Å². The maximum Gasteiger partial charge on any atom is 0.258 e. The van der Waals surface area contributed by atoms with Crippen LogP contribution in [0.15, 0.2) is 54.6 Å². The van der Waals surface area contributed by atoms with Crippen LogP contribution >= 0.6 is 0 Å². The van der Waals surface area contributed by atoms with E-state index in [0.29, 0.717) is 23.3 Å². The lowest BCUT2D eigenvalue weighted by Gasteiger charge is -2.23. The molecule has 1 aliphatic heterocycles. The Morgan fingerprint density at radius 1 is 1.04 bits per heavy atom. The fourth-order valence-electron chi connectivity index (χ4n) is 3.09. The highest BCUT2D eigenvalue weighted by molar-refractivity contribution is 7.91. The first-order valence-electron chi connectivity index (χ1n) is 8.60. The number of carbonyl (C=O) groups excluding carboxylic acids is 2. The van der Waals surface area contributed by atoms with Crippen molar-refractivity contribution in [3.05, 3.63) is 65.7 Å². The highest BCUT2D eigenvalue weighted by atomic mass is 32.2. The van der Waals surface area contributed by atoms with Crippen LogP contribution in [0.5, 0.6) is 5.75 Å². The van der Waals surface area contributed by atoms with Gasteiger partial charge in [-0.25, -0.2) is 8.42 Å². The summed E-state index contributed by atoms with van der Waals surface area (Å²) >= 11 is 0. The number of ether oxygens (including phenoxy) is 1. The van der Waals surface area contributed by atoms with Crippen LogP contribution in [0.2, 0.25) is 0 Å². The summed E-state index contributed by atoms with van der Waals surface area (Å²) in [5.74, 6) is 0.0251. The van der Waals surface area contributed by atoms with Crippen molar-refractivity contribution >= 4 is 21.5 Å². The van der Waals surface area contributed by atoms with E-state index in [-0.39, 0.29) is 29.8 Å². The van der Waals surface area contributed by atoms with Crippen LogP contribution in [0.25, 0.3) is 0 Å². The molecule has 1 amide bonds. The fraction of sp³-hybridized carbons (Fsp3) is 0.300. The number of nitrogens with one attached hydrogen (secondary N) is 1. The zero-order chi connectivity index (χ0) is 19.5. The molecule has 0 radical (unpaired) electrons. The largest absolute Gasteiger partial charge is 0.484 e. The van der Waals surface area contributed by atoms with Crippen molar-refractivity contribution in [3.63, 3.8) is 0 Å². The molecule has 142 valence electrons. The van der Waals surface area contributed by atoms with Gasteiger partial charge in [-0.3, -0.25) is 9.59 Å². The molecule has 0 bridgehead atoms. The van der Waals surface area contributed by atoms with Gasteiger partial charge in [0, 0.05) is 11.1 Å². The zero-order valence-electron chi connectivity index (χ0n) is 15.0. The third-order valence-corrected chi connectivity index (χ3v) is 6.37. The van der Waals surface area contributed by atoms with E-state index < -0.39 is 15.4 Å². The molecule has 0 spiro atoms. The molecule has 0 saturated carbocycles. The van der Waals surface area contributed by atoms with E-state index in [1.165, 1.54) is 0 Å². The van der Waals surface area contributed by atoms with Crippen molar-refractivity contribution in [2.24, 2.45) is 0 Å². The van der Waals surface area contributed by atoms with Crippen LogP contribution < -0.4 is 10.1 Å². The predicted octanol–water partition coefficient (Wildman–Crippen LogP) is 1.99. The van der Waals surface area contributed by atoms with Gasteiger partial charge in [0.05, 0.1) is 17.0 Å². The van der Waals surface area contributed by atoms with Crippen LogP contribution in [0.4, 0.5) is 0 Å². The van der Waals surface area contributed by atoms with Crippen LogP contribution in [-0.2, 0) is 14.6 Å². The summed E-state index contributed by atoms with van der Waals surface area (Å²) in [5.41, 5.74) is 0.387. The highest BCUT2D eigenvalue weighted by Crippen LogP contribution is 2.22. The topological polar surface area (TPSA) is 89.5 Å². The monoisotopic (exact) mass is 387 g/mol. The van der Waals surface area contributed by atoms with Gasteiger partial charge in [0.1, 0.15) is 5.75 Å². The van der Waals surface area contributed by atoms with E-state index in [2.05, 4.69) is 5.32 Å². The number of ketones is 1. The van der Waals surface area contributed by atoms with Gasteiger partial charge >= 0.3 is 0 Å². The number of benzene rings is 2. The van der Waals surface area contributed by atoms with Crippen LogP contribution in [0.1, 0.15) is 29.3 Å². The highest BCUT2D eigenvalue weighted by Gasteiger charge is 2.39. The van der Waals surface area contributed by atoms with E-state index in [0.717, 1.165) is 0 Å². The Morgan fingerprint density at radius 3 is 2.26 bits per heavy atom. The van der Waals surface area contributed by atoms with Crippen molar-refractivity contribution in [3.8, 4) is 5.75 Å². The van der Waals surface area contributed by atoms with E-state index >= 15 is 0 Å². The molecule has 0 aliphatic carbocycles. The molecule has 0 unspecified atom stereocenters. The molecule has 2 aromatic rings. The molecule has 1 fully saturated rings. The lowest BCUT2D eigenvalue weighted by atomic mass is 10.0. The molecule has 1 atom stereocenters. The Bertz CT molecular complexity index is 938. The second-order valence-corrected chi connectivity index (χ2v) is 9.14. The summed E-state index contributed by atoms with van der Waals surface area (Å²) < 4.78 is 28.6. The van der Waals surface area contributed by atoms with Crippen molar-refractivity contribution < 1.29 is 22.7 Å². The predicted molar refractivity (Wildman–Crippen MR) is 102 cm³/mol. The first kappa shape index (κ1) is 19.1. The van der Waals surface area contributed by atoms with Crippen molar-refractivity contribution in [1.82, 2.24) is 5.32 Å². The maximum atomic E-state index is 12.4. The lowest BCUT2D eigenvalue weighted by Crippen LogP contribution is -2.48. The summed E-state index contributed by atoms with van der Waals surface area (Å²) in [6.07, 6.45) is 0.400. The number of hydrogen-bond donors (Lipinski definition) is 1. The first-order chi connectivity index (χ1) is 12.8. The minimum Gasteiger partial charge on any atom is -0.484 e. The number of carbonyl (C=O) groups is 2. The second-order valence-electron chi connectivity index (χ2n) is 6.96. The normalized spacial score (nSPS) is 20.8. The Kier molecular flexibility index (Phi) is 5.32. The number of sulfone groups is 1. The molecule has 1 heterocycles. The number of amides is 1. The summed E-state index contributed by atoms with van der Waals surface area (Å²) in [4.78, 5) is 24.4. The second kappa shape index (κ2) is 7.52. The molecule has 0 aromatic heterocycles. The molecular weight excluding hydrogens is 366 g/mol. The van der Waals surface area contributed by atoms with Crippen LogP contribution in [0.3, 0.4) is 0 Å². The summed E-state index contributed by atoms with van der Waals surface area (Å²) in [6.45, 7) is 1.50. The smallest absolute Gasteiger partial charge is 0.258 e. The van der Waals surface area contributed by atoms with Gasteiger partial charge in [0.25, 0.3) is 5.91 Å². The van der Waals surface area contributed by atoms with E-state index in [9.17, 15) is 18.0 Å². The fourth-order valence-corrected chi connectivity index (χ4v) is 5.18. The Balaban J connectivity index is 1.54. The van der Waals surface area contributed by atoms with E-state index in [1.807, 2.05) is 6.07 Å². The summed E-state index contributed by atoms with van der Waals surface area (Å²) in [6, 6.07) is 15.5. The van der Waals surface area contributed by atoms with Gasteiger partial charge in [-0.15, -0.1) is 0 Å². The van der Waals surface area contributed by atoms with Crippen molar-refractivity contribution in [1.29, 1.82) is 0 Å². The van der Waals surface area contributed by atoms with Crippen LogP contribution in [0, 0.1) is 0 Å². The maximum absolute atomic E-state index is 12.4. The average Bonchev–Trinajstić information content (AvgIpc) is 2.93. The van der Waals surface area contributed by atoms with Gasteiger partial charge in [0.15, 0.2) is 22.2 Å². The summed E-state index contributed by atoms with van der Waals surface area (Å²) in [5, 5.41) is 2.74. The van der Waals surface area contributed by atoms with E-state index in [1.54, 1.807) is 55.5 Å². The lowest BCUT2D eigenvalue weighted by molar-refractivity contribution is -0.124. The van der Waals surface area contributed by atoms with Gasteiger partial charge in [0.2, 0.25) is 0 Å². The standard InChI is InChI=1S/C20H21NO5S/c1-20(11-12-27(24,25)14-20)21-18(22)13-26-17-9-7-16(8-10-17)19(23)15-5-3-2-4-6-15/h2-10H,11-14H2,1H3,(H,21,22)/t20-/m0/s1. The molecule has 1 N–H and O–H groups in total. The number of rotatable bonds is 6. The molecule has 2 aromatic carbocycles. The summed E-state index contributed by atoms with van der Waals surface area (Å²) in [7, 11) is -3.09. The van der Waals surface area contributed by atoms with Crippen LogP contribution in [-0.4, -0.2) is 43.8 Å². The molecule has 1 aliphatic rings.